The summed E-state index contributed by atoms with van der Waals surface area (Å²) >= 11 is 0. The Morgan fingerprint density at radius 1 is 0.697 bits per heavy atom. The van der Waals surface area contributed by atoms with E-state index < -0.39 is 10.4 Å². The number of rotatable bonds is 5. The molecule has 0 fully saturated rings. The maximum atomic E-state index is 9.22. The second-order valence-electron chi connectivity index (χ2n) is 7.00. The van der Waals surface area contributed by atoms with E-state index in [1.807, 2.05) is 24.3 Å². The lowest BCUT2D eigenvalue weighted by molar-refractivity contribution is -0.642. The molecule has 0 aliphatic heterocycles. The summed E-state index contributed by atoms with van der Waals surface area (Å²) in [7, 11) is 5.06. The third-order valence-electron chi connectivity index (χ3n) is 5.23. The second-order valence-corrected chi connectivity index (χ2v) is 8.15. The van der Waals surface area contributed by atoms with Gasteiger partial charge in [-0.2, -0.15) is 4.57 Å². The summed E-state index contributed by atoms with van der Waals surface area (Å²) in [5.74, 6) is 2.87. The number of pyridine rings is 1. The van der Waals surface area contributed by atoms with Gasteiger partial charge in [-0.25, -0.2) is 8.42 Å². The standard InChI is InChI=1S/C22H22NO4.CH4O4S/c1-23-12-14-9-19(25-3)20(26-4)10-16(14)15-7-6-13-8-18(24-2)21(27-5)11-17(13)22(15)23;1-5-6(2,3)4/h6-12H,1-5H3;1H3,(H,2,3,4)/q+1;/p-1. The fraction of sp³-hybridized carbons (Fsp3) is 0.261. The molecule has 0 atom stereocenters. The Labute approximate surface area is 192 Å². The fourth-order valence-electron chi connectivity index (χ4n) is 3.74. The monoisotopic (exact) mass is 475 g/mol. The number of nitrogens with zero attached hydrogens (tertiary/aromatic N) is 1. The van der Waals surface area contributed by atoms with Gasteiger partial charge in [0.05, 0.1) is 51.7 Å². The van der Waals surface area contributed by atoms with Gasteiger partial charge in [-0.05, 0) is 35.7 Å². The van der Waals surface area contributed by atoms with Crippen LogP contribution >= 0.6 is 0 Å². The molecule has 1 heterocycles. The van der Waals surface area contributed by atoms with Gasteiger partial charge in [0.15, 0.2) is 29.2 Å². The molecule has 0 saturated carbocycles. The zero-order chi connectivity index (χ0) is 24.3. The first-order valence-corrected chi connectivity index (χ1v) is 11.0. The maximum absolute atomic E-state index is 9.22. The van der Waals surface area contributed by atoms with Gasteiger partial charge in [-0.15, -0.1) is 0 Å². The van der Waals surface area contributed by atoms with Gasteiger partial charge in [0.2, 0.25) is 15.9 Å². The molecule has 0 spiro atoms. The molecule has 10 heteroatoms. The Hall–Kier alpha value is -3.34. The van der Waals surface area contributed by atoms with Gasteiger partial charge in [-0.3, -0.25) is 4.18 Å². The lowest BCUT2D eigenvalue weighted by Crippen LogP contribution is -2.28. The van der Waals surface area contributed by atoms with Gasteiger partial charge in [0.1, 0.15) is 7.05 Å². The van der Waals surface area contributed by atoms with E-state index in [1.54, 1.807) is 28.4 Å². The third kappa shape index (κ3) is 4.87. The number of benzene rings is 3. The summed E-state index contributed by atoms with van der Waals surface area (Å²) in [6, 6.07) is 12.3. The summed E-state index contributed by atoms with van der Waals surface area (Å²) in [4.78, 5) is 0. The van der Waals surface area contributed by atoms with Gasteiger partial charge < -0.3 is 23.5 Å². The Kier molecular flexibility index (Phi) is 7.11. The van der Waals surface area contributed by atoms with Crippen molar-refractivity contribution < 1.29 is 40.7 Å². The van der Waals surface area contributed by atoms with Crippen molar-refractivity contribution in [2.45, 2.75) is 0 Å². The molecule has 1 aromatic heterocycles. The normalized spacial score (nSPS) is 11.2. The van der Waals surface area contributed by atoms with Crippen LogP contribution in [0.1, 0.15) is 0 Å². The zero-order valence-electron chi connectivity index (χ0n) is 19.2. The van der Waals surface area contributed by atoms with Crippen LogP contribution in [-0.4, -0.2) is 48.5 Å². The van der Waals surface area contributed by atoms with Crippen LogP contribution in [0.2, 0.25) is 0 Å². The predicted octanol–water partition coefficient (Wildman–Crippen LogP) is 3.10. The summed E-state index contributed by atoms with van der Waals surface area (Å²) in [6.07, 6.45) is 2.11. The fourth-order valence-corrected chi connectivity index (χ4v) is 3.74. The van der Waals surface area contributed by atoms with Crippen molar-refractivity contribution in [3.8, 4) is 23.0 Å². The lowest BCUT2D eigenvalue weighted by Gasteiger charge is -2.12. The molecule has 0 aliphatic rings. The molecule has 4 aromatic rings. The van der Waals surface area contributed by atoms with Gasteiger partial charge in [0.25, 0.3) is 0 Å². The molecular weight excluding hydrogens is 450 g/mol. The minimum Gasteiger partial charge on any atom is -0.726 e. The molecule has 0 saturated heterocycles. The highest BCUT2D eigenvalue weighted by molar-refractivity contribution is 7.80. The Balaban J connectivity index is 0.000000454. The summed E-state index contributed by atoms with van der Waals surface area (Å²) in [5, 5.41) is 5.52. The Morgan fingerprint density at radius 2 is 1.15 bits per heavy atom. The number of hydrogen-bond acceptors (Lipinski definition) is 8. The van der Waals surface area contributed by atoms with Crippen molar-refractivity contribution in [2.24, 2.45) is 7.05 Å². The van der Waals surface area contributed by atoms with Crippen molar-refractivity contribution in [1.82, 2.24) is 0 Å². The van der Waals surface area contributed by atoms with E-state index in [1.165, 1.54) is 0 Å². The van der Waals surface area contributed by atoms with Gasteiger partial charge >= 0.3 is 0 Å². The maximum Gasteiger partial charge on any atom is 0.220 e. The Morgan fingerprint density at radius 3 is 1.64 bits per heavy atom. The topological polar surface area (TPSA) is 107 Å². The SMILES string of the molecule is COS(=O)(=O)[O-].COc1cc2c[n+](C)c3c4cc(OC)c(OC)cc4ccc3c2cc1OC. The van der Waals surface area contributed by atoms with Crippen molar-refractivity contribution in [3.63, 3.8) is 0 Å². The first-order valence-electron chi connectivity index (χ1n) is 9.71. The quantitative estimate of drug-likeness (QED) is 0.188. The number of fused-ring (bicyclic) bond motifs is 5. The molecule has 4 rings (SSSR count). The molecule has 0 N–H and O–H groups in total. The smallest absolute Gasteiger partial charge is 0.220 e. The van der Waals surface area contributed by atoms with E-state index in [0.717, 1.165) is 51.1 Å². The molecule has 0 bridgehead atoms. The number of methoxy groups -OCH3 is 4. The molecule has 0 radical (unpaired) electrons. The van der Waals surface area contributed by atoms with E-state index in [-0.39, 0.29) is 0 Å². The van der Waals surface area contributed by atoms with Crippen molar-refractivity contribution in [2.75, 3.05) is 35.5 Å². The molecular formula is C23H25NO8S. The zero-order valence-corrected chi connectivity index (χ0v) is 20.0. The van der Waals surface area contributed by atoms with Crippen LogP contribution in [-0.2, 0) is 21.6 Å². The lowest BCUT2D eigenvalue weighted by atomic mass is 10.00. The number of ether oxygens (including phenoxy) is 4. The molecule has 33 heavy (non-hydrogen) atoms. The second kappa shape index (κ2) is 9.65. The van der Waals surface area contributed by atoms with Crippen LogP contribution in [0.25, 0.3) is 32.4 Å². The highest BCUT2D eigenvalue weighted by Crippen LogP contribution is 2.38. The highest BCUT2D eigenvalue weighted by Gasteiger charge is 2.18. The molecule has 0 aliphatic carbocycles. The van der Waals surface area contributed by atoms with Crippen molar-refractivity contribution in [3.05, 3.63) is 42.6 Å². The third-order valence-corrected chi connectivity index (χ3v) is 5.64. The molecule has 0 unspecified atom stereocenters. The average Bonchev–Trinajstić information content (AvgIpc) is 2.81. The van der Waals surface area contributed by atoms with E-state index in [9.17, 15) is 13.0 Å². The minimum atomic E-state index is -4.41. The van der Waals surface area contributed by atoms with E-state index >= 15 is 0 Å². The minimum absolute atomic E-state index is 0.713. The van der Waals surface area contributed by atoms with Crippen molar-refractivity contribution in [1.29, 1.82) is 0 Å². The number of aromatic nitrogens is 1. The summed E-state index contributed by atoms with van der Waals surface area (Å²) in [5.41, 5.74) is 1.12. The van der Waals surface area contributed by atoms with E-state index in [0.29, 0.717) is 11.5 Å². The van der Waals surface area contributed by atoms with Crippen LogP contribution in [0.3, 0.4) is 0 Å². The highest BCUT2D eigenvalue weighted by atomic mass is 32.3. The average molecular weight is 476 g/mol. The summed E-state index contributed by atoms with van der Waals surface area (Å²) < 4.78 is 55.1. The van der Waals surface area contributed by atoms with Gasteiger partial charge in [0, 0.05) is 5.39 Å². The molecule has 0 amide bonds. The number of hydrogen-bond donors (Lipinski definition) is 0. The van der Waals surface area contributed by atoms with Crippen LogP contribution in [0.15, 0.2) is 42.6 Å². The van der Waals surface area contributed by atoms with E-state index in [4.69, 9.17) is 18.9 Å². The molecule has 9 nitrogen and oxygen atoms in total. The van der Waals surface area contributed by atoms with Crippen molar-refractivity contribution >= 4 is 42.8 Å². The number of aryl methyl sites for hydroxylation is 1. The van der Waals surface area contributed by atoms with Crippen LogP contribution in [0, 0.1) is 0 Å². The summed E-state index contributed by atoms with van der Waals surface area (Å²) in [6.45, 7) is 0. The molecule has 176 valence electrons. The Bertz CT molecular complexity index is 1430. The predicted molar refractivity (Wildman–Crippen MR) is 123 cm³/mol. The van der Waals surface area contributed by atoms with E-state index in [2.05, 4.69) is 34.1 Å². The van der Waals surface area contributed by atoms with Crippen LogP contribution in [0.5, 0.6) is 23.0 Å². The van der Waals surface area contributed by atoms with Gasteiger partial charge in [-0.1, -0.05) is 6.07 Å². The van der Waals surface area contributed by atoms with Crippen LogP contribution in [0.4, 0.5) is 0 Å². The van der Waals surface area contributed by atoms with Crippen LogP contribution < -0.4 is 23.5 Å². The first kappa shape index (κ1) is 24.3. The first-order chi connectivity index (χ1) is 15.7. The molecule has 3 aromatic carbocycles. The largest absolute Gasteiger partial charge is 0.726 e.